The maximum atomic E-state index is 12.0. The first-order valence-electron chi connectivity index (χ1n) is 12.1. The van der Waals surface area contributed by atoms with Crippen LogP contribution in [0.25, 0.3) is 11.0 Å². The number of carbonyl (C=O) groups excluding carboxylic acids is 1. The number of rotatable bonds is 12. The van der Waals surface area contributed by atoms with Crippen molar-refractivity contribution in [2.75, 3.05) is 13.2 Å². The van der Waals surface area contributed by atoms with Crippen molar-refractivity contribution in [1.29, 1.82) is 0 Å². The van der Waals surface area contributed by atoms with E-state index in [-0.39, 0.29) is 5.91 Å². The highest BCUT2D eigenvalue weighted by Gasteiger charge is 2.12. The SMILES string of the molecule is CCC(C)c1ccc(OCCCn2c(CCCNC(=O)c3ccco3)nc3ccccc32)cc1. The van der Waals surface area contributed by atoms with Crippen LogP contribution in [0.2, 0.25) is 0 Å². The summed E-state index contributed by atoms with van der Waals surface area (Å²) in [6.45, 7) is 6.50. The van der Waals surface area contributed by atoms with Crippen molar-refractivity contribution in [1.82, 2.24) is 14.9 Å². The zero-order valence-electron chi connectivity index (χ0n) is 20.0. The Bertz CT molecular complexity index is 1180. The highest BCUT2D eigenvalue weighted by molar-refractivity contribution is 5.91. The minimum absolute atomic E-state index is 0.187. The maximum absolute atomic E-state index is 12.0. The van der Waals surface area contributed by atoms with E-state index < -0.39 is 0 Å². The molecule has 0 fully saturated rings. The predicted molar refractivity (Wildman–Crippen MR) is 134 cm³/mol. The molecule has 2 heterocycles. The average molecular weight is 460 g/mol. The van der Waals surface area contributed by atoms with E-state index in [0.717, 1.165) is 54.8 Å². The van der Waals surface area contributed by atoms with Gasteiger partial charge < -0.3 is 19.0 Å². The number of carbonyl (C=O) groups is 1. The van der Waals surface area contributed by atoms with Crippen molar-refractivity contribution in [2.24, 2.45) is 0 Å². The van der Waals surface area contributed by atoms with Crippen molar-refractivity contribution in [3.63, 3.8) is 0 Å². The van der Waals surface area contributed by atoms with Gasteiger partial charge >= 0.3 is 0 Å². The third-order valence-electron chi connectivity index (χ3n) is 6.20. The van der Waals surface area contributed by atoms with Crippen LogP contribution in [0.15, 0.2) is 71.3 Å². The van der Waals surface area contributed by atoms with Crippen LogP contribution < -0.4 is 10.1 Å². The summed E-state index contributed by atoms with van der Waals surface area (Å²) >= 11 is 0. The molecule has 0 saturated carbocycles. The predicted octanol–water partition coefficient (Wildman–Crippen LogP) is 5.97. The number of fused-ring (bicyclic) bond motifs is 1. The van der Waals surface area contributed by atoms with Crippen LogP contribution in [-0.4, -0.2) is 28.6 Å². The Morgan fingerprint density at radius 3 is 2.68 bits per heavy atom. The lowest BCUT2D eigenvalue weighted by Crippen LogP contribution is -2.24. The van der Waals surface area contributed by atoms with Crippen molar-refractivity contribution in [3.8, 4) is 5.75 Å². The lowest BCUT2D eigenvalue weighted by Gasteiger charge is -2.12. The van der Waals surface area contributed by atoms with Gasteiger partial charge in [-0.1, -0.05) is 38.1 Å². The fourth-order valence-electron chi connectivity index (χ4n) is 4.05. The van der Waals surface area contributed by atoms with E-state index in [1.165, 1.54) is 11.8 Å². The number of aromatic nitrogens is 2. The van der Waals surface area contributed by atoms with Crippen molar-refractivity contribution >= 4 is 16.9 Å². The fourth-order valence-corrected chi connectivity index (χ4v) is 4.05. The number of aryl methyl sites for hydroxylation is 2. The van der Waals surface area contributed by atoms with Gasteiger partial charge in [0.1, 0.15) is 11.6 Å². The van der Waals surface area contributed by atoms with Gasteiger partial charge in [-0.05, 0) is 67.1 Å². The number of benzene rings is 2. The second-order valence-electron chi connectivity index (χ2n) is 8.59. The molecule has 34 heavy (non-hydrogen) atoms. The molecule has 0 aliphatic carbocycles. The van der Waals surface area contributed by atoms with Crippen LogP contribution in [0.4, 0.5) is 0 Å². The zero-order valence-corrected chi connectivity index (χ0v) is 20.0. The van der Waals surface area contributed by atoms with Crippen LogP contribution in [0.3, 0.4) is 0 Å². The van der Waals surface area contributed by atoms with Crippen LogP contribution >= 0.6 is 0 Å². The molecule has 1 N–H and O–H groups in total. The number of hydrogen-bond acceptors (Lipinski definition) is 4. The molecular formula is C28H33N3O3. The summed E-state index contributed by atoms with van der Waals surface area (Å²) in [5.41, 5.74) is 3.48. The van der Waals surface area contributed by atoms with Crippen LogP contribution in [0, 0.1) is 0 Å². The molecule has 6 heteroatoms. The largest absolute Gasteiger partial charge is 0.494 e. The Labute approximate surface area is 200 Å². The van der Waals surface area contributed by atoms with E-state index >= 15 is 0 Å². The highest BCUT2D eigenvalue weighted by Crippen LogP contribution is 2.22. The lowest BCUT2D eigenvalue weighted by atomic mass is 9.99. The average Bonchev–Trinajstić information content (AvgIpc) is 3.53. The maximum Gasteiger partial charge on any atom is 0.286 e. The lowest BCUT2D eigenvalue weighted by molar-refractivity contribution is 0.0925. The number of imidazole rings is 1. The van der Waals surface area contributed by atoms with E-state index in [4.69, 9.17) is 14.1 Å². The van der Waals surface area contributed by atoms with E-state index in [1.54, 1.807) is 12.1 Å². The summed E-state index contributed by atoms with van der Waals surface area (Å²) in [5, 5.41) is 2.90. The Morgan fingerprint density at radius 1 is 1.09 bits per heavy atom. The molecule has 0 bridgehead atoms. The molecule has 4 rings (SSSR count). The molecule has 0 radical (unpaired) electrons. The second-order valence-corrected chi connectivity index (χ2v) is 8.59. The first-order valence-corrected chi connectivity index (χ1v) is 12.1. The Balaban J connectivity index is 1.30. The van der Waals surface area contributed by atoms with Gasteiger partial charge in [-0.3, -0.25) is 4.79 Å². The molecule has 4 aromatic rings. The van der Waals surface area contributed by atoms with E-state index in [1.807, 2.05) is 18.2 Å². The molecule has 0 aliphatic rings. The minimum atomic E-state index is -0.187. The van der Waals surface area contributed by atoms with Gasteiger partial charge in [-0.25, -0.2) is 4.98 Å². The Morgan fingerprint density at radius 2 is 1.91 bits per heavy atom. The molecule has 1 atom stereocenters. The van der Waals surface area contributed by atoms with Gasteiger partial charge in [0.25, 0.3) is 5.91 Å². The molecule has 0 saturated heterocycles. The van der Waals surface area contributed by atoms with Crippen LogP contribution in [-0.2, 0) is 13.0 Å². The molecule has 1 amide bonds. The molecule has 2 aromatic carbocycles. The van der Waals surface area contributed by atoms with Crippen molar-refractivity contribution in [2.45, 2.75) is 52.0 Å². The summed E-state index contributed by atoms with van der Waals surface area (Å²) in [6.07, 6.45) is 5.11. The van der Waals surface area contributed by atoms with E-state index in [9.17, 15) is 4.79 Å². The second kappa shape index (κ2) is 11.5. The van der Waals surface area contributed by atoms with Crippen molar-refractivity contribution in [3.05, 3.63) is 84.1 Å². The first-order chi connectivity index (χ1) is 16.7. The highest BCUT2D eigenvalue weighted by atomic mass is 16.5. The van der Waals surface area contributed by atoms with Crippen LogP contribution in [0.5, 0.6) is 5.75 Å². The molecule has 6 nitrogen and oxygen atoms in total. The Kier molecular flexibility index (Phi) is 8.02. The summed E-state index contributed by atoms with van der Waals surface area (Å²) in [5.74, 6) is 2.66. The smallest absolute Gasteiger partial charge is 0.286 e. The molecular weight excluding hydrogens is 426 g/mol. The molecule has 0 aliphatic heterocycles. The van der Waals surface area contributed by atoms with E-state index in [2.05, 4.69) is 54.1 Å². The normalized spacial score (nSPS) is 12.1. The molecule has 0 spiro atoms. The fraction of sp³-hybridized carbons (Fsp3) is 0.357. The van der Waals surface area contributed by atoms with Gasteiger partial charge in [0, 0.05) is 19.5 Å². The molecule has 2 aromatic heterocycles. The number of furan rings is 1. The molecule has 178 valence electrons. The number of para-hydroxylation sites is 2. The van der Waals surface area contributed by atoms with Crippen molar-refractivity contribution < 1.29 is 13.9 Å². The van der Waals surface area contributed by atoms with Gasteiger partial charge in [0.15, 0.2) is 5.76 Å². The molecule has 1 unspecified atom stereocenters. The monoisotopic (exact) mass is 459 g/mol. The zero-order chi connectivity index (χ0) is 23.8. The number of nitrogens with zero attached hydrogens (tertiary/aromatic N) is 2. The minimum Gasteiger partial charge on any atom is -0.494 e. The first kappa shape index (κ1) is 23.6. The van der Waals surface area contributed by atoms with Gasteiger partial charge in [0.05, 0.1) is 23.9 Å². The summed E-state index contributed by atoms with van der Waals surface area (Å²) in [6, 6.07) is 20.0. The Hall–Kier alpha value is -3.54. The van der Waals surface area contributed by atoms with E-state index in [0.29, 0.717) is 24.8 Å². The number of hydrogen-bond donors (Lipinski definition) is 1. The topological polar surface area (TPSA) is 69.3 Å². The number of ether oxygens (including phenoxy) is 1. The third kappa shape index (κ3) is 5.87. The number of amides is 1. The standard InChI is InChI=1S/C28H33N3O3/c1-3-21(2)22-13-15-23(16-14-22)33-20-8-18-31-25-10-5-4-9-24(25)30-27(31)12-6-17-29-28(32)26-11-7-19-34-26/h4-5,7,9-11,13-16,19,21H,3,6,8,12,17-18,20H2,1-2H3,(H,29,32). The van der Waals surface area contributed by atoms with Crippen LogP contribution in [0.1, 0.15) is 61.0 Å². The summed E-state index contributed by atoms with van der Waals surface area (Å²) in [7, 11) is 0. The number of nitrogens with one attached hydrogen (secondary N) is 1. The van der Waals surface area contributed by atoms with Gasteiger partial charge in [-0.2, -0.15) is 0 Å². The summed E-state index contributed by atoms with van der Waals surface area (Å²) < 4.78 is 13.4. The van der Waals surface area contributed by atoms with Gasteiger partial charge in [-0.15, -0.1) is 0 Å². The quantitative estimate of drug-likeness (QED) is 0.265. The summed E-state index contributed by atoms with van der Waals surface area (Å²) in [4.78, 5) is 16.9. The third-order valence-corrected chi connectivity index (χ3v) is 6.20. The van der Waals surface area contributed by atoms with Gasteiger partial charge in [0.2, 0.25) is 0 Å².